The summed E-state index contributed by atoms with van der Waals surface area (Å²) in [5.74, 6) is 0. The number of hydrogen-bond acceptors (Lipinski definition) is 3. The predicted molar refractivity (Wildman–Crippen MR) is 81.3 cm³/mol. The third-order valence-electron chi connectivity index (χ3n) is 2.26. The van der Waals surface area contributed by atoms with Gasteiger partial charge in [0.1, 0.15) is 20.7 Å². The molecule has 3 nitrogen and oxygen atoms in total. The minimum Gasteiger partial charge on any atom is -0.591 e. The van der Waals surface area contributed by atoms with E-state index < -0.39 is 11.4 Å². The van der Waals surface area contributed by atoms with Gasteiger partial charge in [-0.15, -0.1) is 0 Å². The second-order valence-corrected chi connectivity index (χ2v) is 7.73. The fourth-order valence-corrected chi connectivity index (χ4v) is 2.33. The lowest BCUT2D eigenvalue weighted by Crippen LogP contribution is -2.27. The minimum atomic E-state index is -1.22. The molecule has 0 aliphatic carbocycles. The molecule has 1 aromatic rings. The Labute approximate surface area is 121 Å². The van der Waals surface area contributed by atoms with Crippen molar-refractivity contribution in [1.29, 1.82) is 0 Å². The molecule has 0 saturated heterocycles. The van der Waals surface area contributed by atoms with Crippen molar-refractivity contribution in [3.8, 4) is 0 Å². The van der Waals surface area contributed by atoms with Crippen molar-refractivity contribution in [2.24, 2.45) is 4.40 Å². The molecule has 0 spiro atoms. The summed E-state index contributed by atoms with van der Waals surface area (Å²) in [5, 5.41) is 0. The van der Waals surface area contributed by atoms with Crippen LogP contribution >= 0.6 is 15.9 Å². The highest BCUT2D eigenvalue weighted by molar-refractivity contribution is 9.10. The van der Waals surface area contributed by atoms with E-state index in [1.54, 1.807) is 6.20 Å². The van der Waals surface area contributed by atoms with Gasteiger partial charge in [0.25, 0.3) is 0 Å². The van der Waals surface area contributed by atoms with Gasteiger partial charge in [0.2, 0.25) is 0 Å². The van der Waals surface area contributed by atoms with Crippen molar-refractivity contribution >= 4 is 33.0 Å². The van der Waals surface area contributed by atoms with Gasteiger partial charge in [0.05, 0.1) is 5.71 Å². The second kappa shape index (κ2) is 6.68. The Hall–Kier alpha value is -0.390. The van der Waals surface area contributed by atoms with Gasteiger partial charge in [-0.05, 0) is 55.3 Å². The quantitative estimate of drug-likeness (QED) is 0.477. The topological polar surface area (TPSA) is 48.3 Å². The minimum absolute atomic E-state index is 0.330. The lowest BCUT2D eigenvalue weighted by atomic mass is 10.1. The molecule has 1 heterocycles. The largest absolute Gasteiger partial charge is 0.591 e. The van der Waals surface area contributed by atoms with E-state index in [1.165, 1.54) is 0 Å². The maximum atomic E-state index is 12.1. The van der Waals surface area contributed by atoms with Crippen molar-refractivity contribution in [2.75, 3.05) is 0 Å². The molecule has 1 aromatic heterocycles. The summed E-state index contributed by atoms with van der Waals surface area (Å²) in [7, 11) is 0. The van der Waals surface area contributed by atoms with E-state index in [-0.39, 0.29) is 4.75 Å². The molecule has 0 bridgehead atoms. The van der Waals surface area contributed by atoms with E-state index in [9.17, 15) is 4.55 Å². The van der Waals surface area contributed by atoms with E-state index in [0.29, 0.717) is 0 Å². The second-order valence-electron chi connectivity index (χ2n) is 5.02. The van der Waals surface area contributed by atoms with Crippen LogP contribution in [0.4, 0.5) is 0 Å². The molecule has 0 aromatic carbocycles. The average molecular weight is 331 g/mol. The van der Waals surface area contributed by atoms with Crippen LogP contribution in [0, 0.1) is 0 Å². The summed E-state index contributed by atoms with van der Waals surface area (Å²) in [6, 6.07) is 3.81. The van der Waals surface area contributed by atoms with Gasteiger partial charge in [-0.1, -0.05) is 17.7 Å². The maximum Gasteiger partial charge on any atom is 0.144 e. The van der Waals surface area contributed by atoms with Crippen molar-refractivity contribution in [3.05, 3.63) is 28.5 Å². The molecule has 1 atom stereocenters. The summed E-state index contributed by atoms with van der Waals surface area (Å²) < 4.78 is 16.9. The highest BCUT2D eigenvalue weighted by atomic mass is 79.9. The molecule has 0 radical (unpaired) electrons. The summed E-state index contributed by atoms with van der Waals surface area (Å²) in [6.07, 6.45) is 3.52. The maximum absolute atomic E-state index is 12.1. The number of aromatic nitrogens is 1. The van der Waals surface area contributed by atoms with Gasteiger partial charge >= 0.3 is 0 Å². The fourth-order valence-electron chi connectivity index (χ4n) is 1.30. The molecule has 0 unspecified atom stereocenters. The Morgan fingerprint density at radius 2 is 2.17 bits per heavy atom. The molecule has 100 valence electrons. The van der Waals surface area contributed by atoms with Gasteiger partial charge in [-0.3, -0.25) is 0 Å². The Morgan fingerprint density at radius 3 is 2.67 bits per heavy atom. The third kappa shape index (κ3) is 4.71. The molecule has 0 fully saturated rings. The molecule has 0 amide bonds. The van der Waals surface area contributed by atoms with Crippen LogP contribution in [-0.4, -0.2) is 20.0 Å². The molecule has 18 heavy (non-hydrogen) atoms. The van der Waals surface area contributed by atoms with E-state index >= 15 is 0 Å². The summed E-state index contributed by atoms with van der Waals surface area (Å²) >= 11 is 2.12. The average Bonchev–Trinajstić information content (AvgIpc) is 2.27. The Kier molecular flexibility index (Phi) is 5.82. The zero-order valence-electron chi connectivity index (χ0n) is 11.2. The van der Waals surface area contributed by atoms with E-state index in [2.05, 4.69) is 32.2 Å². The first-order chi connectivity index (χ1) is 8.34. The number of rotatable bonds is 4. The zero-order valence-corrected chi connectivity index (χ0v) is 13.6. The first-order valence-corrected chi connectivity index (χ1v) is 7.86. The van der Waals surface area contributed by atoms with Crippen LogP contribution in [0.25, 0.3) is 0 Å². The molecule has 5 heteroatoms. The molecular weight excluding hydrogens is 312 g/mol. The van der Waals surface area contributed by atoms with E-state index in [4.69, 9.17) is 0 Å². The van der Waals surface area contributed by atoms with Crippen LogP contribution in [-0.2, 0) is 11.4 Å². The molecule has 0 aliphatic rings. The van der Waals surface area contributed by atoms with Crippen LogP contribution in [0.1, 0.15) is 46.1 Å². The first kappa shape index (κ1) is 15.7. The monoisotopic (exact) mass is 330 g/mol. The third-order valence-corrected chi connectivity index (χ3v) is 4.13. The van der Waals surface area contributed by atoms with Crippen LogP contribution < -0.4 is 0 Å². The highest BCUT2D eigenvalue weighted by Crippen LogP contribution is 2.20. The predicted octanol–water partition coefficient (Wildman–Crippen LogP) is 3.90. The van der Waals surface area contributed by atoms with Crippen LogP contribution in [0.15, 0.2) is 27.3 Å². The summed E-state index contributed by atoms with van der Waals surface area (Å²) in [5.41, 5.74) is 1.87. The van der Waals surface area contributed by atoms with Crippen LogP contribution in [0.2, 0.25) is 0 Å². The number of halogens is 1. The molecule has 0 N–H and O–H groups in total. The SMILES string of the molecule is CCCC(=N[S@+]([O-])C(C)(C)C)c1ccnc(Br)c1. The smallest absolute Gasteiger partial charge is 0.144 e. The van der Waals surface area contributed by atoms with Crippen molar-refractivity contribution in [2.45, 2.75) is 45.3 Å². The molecule has 0 aliphatic heterocycles. The molecular formula is C13H19BrN2OS. The van der Waals surface area contributed by atoms with Gasteiger partial charge in [-0.25, -0.2) is 4.98 Å². The highest BCUT2D eigenvalue weighted by Gasteiger charge is 2.27. The van der Waals surface area contributed by atoms with Crippen molar-refractivity contribution in [1.82, 2.24) is 4.98 Å². The number of nitrogens with zero attached hydrogens (tertiary/aromatic N) is 2. The lowest BCUT2D eigenvalue weighted by molar-refractivity contribution is 0.561. The normalized spacial score (nSPS) is 14.7. The van der Waals surface area contributed by atoms with E-state index in [0.717, 1.165) is 28.7 Å². The lowest BCUT2D eigenvalue weighted by Gasteiger charge is -2.19. The summed E-state index contributed by atoms with van der Waals surface area (Å²) in [4.78, 5) is 4.10. The van der Waals surface area contributed by atoms with Crippen LogP contribution in [0.5, 0.6) is 0 Å². The van der Waals surface area contributed by atoms with Gasteiger partial charge in [0, 0.05) is 11.8 Å². The van der Waals surface area contributed by atoms with Crippen molar-refractivity contribution < 1.29 is 4.55 Å². The Morgan fingerprint density at radius 1 is 1.50 bits per heavy atom. The first-order valence-electron chi connectivity index (χ1n) is 5.96. The molecule has 0 saturated carbocycles. The number of hydrogen-bond donors (Lipinski definition) is 0. The Balaban J connectivity index is 3.06. The van der Waals surface area contributed by atoms with Gasteiger partial charge in [-0.2, -0.15) is 0 Å². The van der Waals surface area contributed by atoms with Crippen LogP contribution in [0.3, 0.4) is 0 Å². The van der Waals surface area contributed by atoms with E-state index in [1.807, 2.05) is 32.9 Å². The van der Waals surface area contributed by atoms with Crippen molar-refractivity contribution in [3.63, 3.8) is 0 Å². The Bertz CT molecular complexity index is 429. The molecule has 1 rings (SSSR count). The fraction of sp³-hybridized carbons (Fsp3) is 0.538. The van der Waals surface area contributed by atoms with Gasteiger partial charge < -0.3 is 4.55 Å². The zero-order chi connectivity index (χ0) is 13.8. The summed E-state index contributed by atoms with van der Waals surface area (Å²) in [6.45, 7) is 7.88. The standard InChI is InChI=1S/C13H19BrN2OS/c1-5-6-11(16-18(17)13(2,3)4)10-7-8-15-12(14)9-10/h7-9H,5-6H2,1-4H3/t18-/m1/s1. The number of pyridine rings is 1. The van der Waals surface area contributed by atoms with Gasteiger partial charge in [0.15, 0.2) is 0 Å².